The van der Waals surface area contributed by atoms with Crippen LogP contribution in [0.15, 0.2) is 10.6 Å². The Bertz CT molecular complexity index is 413. The predicted molar refractivity (Wildman–Crippen MR) is 77.0 cm³/mol. The zero-order chi connectivity index (χ0) is 13.7. The van der Waals surface area contributed by atoms with E-state index in [-0.39, 0.29) is 11.2 Å². The minimum atomic E-state index is -0.0427. The maximum absolute atomic E-state index is 12.1. The van der Waals surface area contributed by atoms with Crippen molar-refractivity contribution in [2.75, 3.05) is 0 Å². The van der Waals surface area contributed by atoms with Crippen molar-refractivity contribution in [1.82, 2.24) is 10.5 Å². The molecule has 5 heteroatoms. The molecule has 4 nitrogen and oxygen atoms in total. The highest BCUT2D eigenvalue weighted by molar-refractivity contribution is 7.99. The number of hydrogen-bond donors (Lipinski definition) is 1. The highest BCUT2D eigenvalue weighted by atomic mass is 32.2. The molecular formula is C14H22N2O2S. The number of nitrogens with zero attached hydrogens (tertiary/aromatic N) is 1. The van der Waals surface area contributed by atoms with Gasteiger partial charge in [0.15, 0.2) is 0 Å². The summed E-state index contributed by atoms with van der Waals surface area (Å²) in [6.45, 7) is 3.83. The lowest BCUT2D eigenvalue weighted by Gasteiger charge is -2.24. The van der Waals surface area contributed by atoms with Crippen molar-refractivity contribution >= 4 is 17.7 Å². The first-order chi connectivity index (χ1) is 9.15. The Labute approximate surface area is 118 Å². The highest BCUT2D eigenvalue weighted by Gasteiger charge is 2.20. The summed E-state index contributed by atoms with van der Waals surface area (Å²) in [6, 6.07) is 2.30. The van der Waals surface area contributed by atoms with Crippen molar-refractivity contribution in [3.63, 3.8) is 0 Å². The summed E-state index contributed by atoms with van der Waals surface area (Å²) in [7, 11) is 0. The van der Waals surface area contributed by atoms with Crippen molar-refractivity contribution in [3.05, 3.63) is 17.5 Å². The van der Waals surface area contributed by atoms with Crippen LogP contribution in [0.3, 0.4) is 0 Å². The predicted octanol–water partition coefficient (Wildman–Crippen LogP) is 3.05. The molecule has 1 heterocycles. The number of nitrogens with one attached hydrogen (secondary N) is 1. The van der Waals surface area contributed by atoms with E-state index in [2.05, 4.69) is 10.5 Å². The number of hydrogen-bond acceptors (Lipinski definition) is 4. The van der Waals surface area contributed by atoms with E-state index in [1.54, 1.807) is 11.8 Å². The monoisotopic (exact) mass is 282 g/mol. The Hall–Kier alpha value is -0.970. The minimum absolute atomic E-state index is 0.0427. The third kappa shape index (κ3) is 4.56. The normalized spacial score (nSPS) is 18.2. The molecule has 1 N–H and O–H groups in total. The maximum Gasteiger partial charge on any atom is 0.233 e. The van der Waals surface area contributed by atoms with Crippen LogP contribution in [0.2, 0.25) is 0 Å². The van der Waals surface area contributed by atoms with Gasteiger partial charge in [-0.15, -0.1) is 11.8 Å². The van der Waals surface area contributed by atoms with Gasteiger partial charge in [0.05, 0.1) is 10.9 Å². The molecule has 1 amide bonds. The highest BCUT2D eigenvalue weighted by Crippen LogP contribution is 2.20. The number of thioether (sulfide) groups is 1. The molecule has 0 bridgehead atoms. The summed E-state index contributed by atoms with van der Waals surface area (Å²) in [4.78, 5) is 12.1. The van der Waals surface area contributed by atoms with Crippen LogP contribution in [0.25, 0.3) is 0 Å². The largest absolute Gasteiger partial charge is 0.361 e. The molecule has 19 heavy (non-hydrogen) atoms. The fourth-order valence-electron chi connectivity index (χ4n) is 2.34. The van der Waals surface area contributed by atoms with Gasteiger partial charge in [0.1, 0.15) is 5.76 Å². The van der Waals surface area contributed by atoms with Crippen LogP contribution >= 0.6 is 11.8 Å². The van der Waals surface area contributed by atoms with Crippen LogP contribution in [0.4, 0.5) is 0 Å². The van der Waals surface area contributed by atoms with E-state index >= 15 is 0 Å². The van der Waals surface area contributed by atoms with E-state index in [0.29, 0.717) is 6.04 Å². The molecule has 0 radical (unpaired) electrons. The summed E-state index contributed by atoms with van der Waals surface area (Å²) < 4.78 is 5.01. The quantitative estimate of drug-likeness (QED) is 0.902. The lowest BCUT2D eigenvalue weighted by Crippen LogP contribution is -2.40. The van der Waals surface area contributed by atoms with Crippen LogP contribution in [0.1, 0.15) is 50.5 Å². The van der Waals surface area contributed by atoms with Gasteiger partial charge in [-0.25, -0.2) is 0 Å². The molecule has 1 aromatic heterocycles. The van der Waals surface area contributed by atoms with Crippen LogP contribution < -0.4 is 5.32 Å². The molecule has 1 aliphatic carbocycles. The zero-order valence-electron chi connectivity index (χ0n) is 11.6. The summed E-state index contributed by atoms with van der Waals surface area (Å²) in [6.07, 6.45) is 6.05. The maximum atomic E-state index is 12.1. The fourth-order valence-corrected chi connectivity index (χ4v) is 3.11. The van der Waals surface area contributed by atoms with Crippen LogP contribution in [0, 0.1) is 6.92 Å². The first-order valence-electron chi connectivity index (χ1n) is 6.99. The standard InChI is InChI=1S/C14H22N2O2S/c1-10-8-13(16-18-10)9-19-11(2)14(17)15-12-6-4-3-5-7-12/h8,11-12H,3-7,9H2,1-2H3,(H,15,17)/t11-/m0/s1. The molecule has 1 atom stereocenters. The second-order valence-corrected chi connectivity index (χ2v) is 6.55. The van der Waals surface area contributed by atoms with E-state index in [0.717, 1.165) is 30.0 Å². The third-order valence-electron chi connectivity index (χ3n) is 3.48. The van der Waals surface area contributed by atoms with E-state index in [1.807, 2.05) is 19.9 Å². The first kappa shape index (κ1) is 14.4. The van der Waals surface area contributed by atoms with Gasteiger partial charge in [-0.1, -0.05) is 24.4 Å². The average molecular weight is 282 g/mol. The van der Waals surface area contributed by atoms with Gasteiger partial charge in [0, 0.05) is 17.9 Å². The fraction of sp³-hybridized carbons (Fsp3) is 0.714. The number of aryl methyl sites for hydroxylation is 1. The Kier molecular flexibility index (Phi) is 5.31. The zero-order valence-corrected chi connectivity index (χ0v) is 12.5. The van der Waals surface area contributed by atoms with E-state index < -0.39 is 0 Å². The number of amides is 1. The molecule has 0 spiro atoms. The van der Waals surface area contributed by atoms with Gasteiger partial charge < -0.3 is 9.84 Å². The second-order valence-electron chi connectivity index (χ2n) is 5.23. The number of carbonyl (C=O) groups is 1. The summed E-state index contributed by atoms with van der Waals surface area (Å²) in [5, 5.41) is 7.05. The van der Waals surface area contributed by atoms with Crippen molar-refractivity contribution < 1.29 is 9.32 Å². The van der Waals surface area contributed by atoms with E-state index in [1.165, 1.54) is 19.3 Å². The Morgan fingerprint density at radius 3 is 2.89 bits per heavy atom. The van der Waals surface area contributed by atoms with Gasteiger partial charge in [0.25, 0.3) is 0 Å². The summed E-state index contributed by atoms with van der Waals surface area (Å²) >= 11 is 1.60. The van der Waals surface area contributed by atoms with Gasteiger partial charge in [-0.05, 0) is 26.7 Å². The molecule has 1 aliphatic rings. The molecule has 1 saturated carbocycles. The van der Waals surface area contributed by atoms with Crippen molar-refractivity contribution in [2.24, 2.45) is 0 Å². The molecule has 0 aliphatic heterocycles. The van der Waals surface area contributed by atoms with Gasteiger partial charge >= 0.3 is 0 Å². The Balaban J connectivity index is 1.72. The average Bonchev–Trinajstić information content (AvgIpc) is 2.83. The molecule has 106 valence electrons. The van der Waals surface area contributed by atoms with Crippen LogP contribution in [0.5, 0.6) is 0 Å². The third-order valence-corrected chi connectivity index (χ3v) is 4.66. The molecule has 0 unspecified atom stereocenters. The van der Waals surface area contributed by atoms with Crippen LogP contribution in [-0.2, 0) is 10.5 Å². The van der Waals surface area contributed by atoms with E-state index in [9.17, 15) is 4.79 Å². The van der Waals surface area contributed by atoms with Gasteiger partial charge in [-0.3, -0.25) is 4.79 Å². The number of rotatable bonds is 5. The lowest BCUT2D eigenvalue weighted by molar-refractivity contribution is -0.121. The van der Waals surface area contributed by atoms with Gasteiger partial charge in [0.2, 0.25) is 5.91 Å². The lowest BCUT2D eigenvalue weighted by atomic mass is 9.95. The number of aromatic nitrogens is 1. The molecular weight excluding hydrogens is 260 g/mol. The minimum Gasteiger partial charge on any atom is -0.361 e. The van der Waals surface area contributed by atoms with Crippen molar-refractivity contribution in [2.45, 2.75) is 63.0 Å². The summed E-state index contributed by atoms with van der Waals surface area (Å²) in [5.41, 5.74) is 0.903. The smallest absolute Gasteiger partial charge is 0.233 e. The Morgan fingerprint density at radius 1 is 1.53 bits per heavy atom. The molecule has 2 rings (SSSR count). The second kappa shape index (κ2) is 6.98. The number of carbonyl (C=O) groups excluding carboxylic acids is 1. The summed E-state index contributed by atoms with van der Waals surface area (Å²) in [5.74, 6) is 1.68. The van der Waals surface area contributed by atoms with Crippen molar-refractivity contribution in [3.8, 4) is 0 Å². The van der Waals surface area contributed by atoms with Gasteiger partial charge in [-0.2, -0.15) is 0 Å². The molecule has 0 saturated heterocycles. The molecule has 0 aromatic carbocycles. The topological polar surface area (TPSA) is 55.1 Å². The molecule has 1 fully saturated rings. The molecule has 1 aromatic rings. The van der Waals surface area contributed by atoms with Crippen LogP contribution in [-0.4, -0.2) is 22.4 Å². The van der Waals surface area contributed by atoms with E-state index in [4.69, 9.17) is 4.52 Å². The van der Waals surface area contributed by atoms with Crippen molar-refractivity contribution in [1.29, 1.82) is 0 Å². The first-order valence-corrected chi connectivity index (χ1v) is 8.04. The SMILES string of the molecule is Cc1cc(CS[C@@H](C)C(=O)NC2CCCCC2)no1. The Morgan fingerprint density at radius 2 is 2.26 bits per heavy atom.